The van der Waals surface area contributed by atoms with Crippen molar-refractivity contribution >= 4 is 11.8 Å². The largest absolute Gasteiger partial charge is 0.491 e. The van der Waals surface area contributed by atoms with Gasteiger partial charge in [-0.05, 0) is 89.1 Å². The molecule has 32 heavy (non-hydrogen) atoms. The standard InChI is InChI=1S/C26H36N2O4/c1-19(2)31-23-13-9-21(10-14-23)25(29)27-17-7-5-6-8-18-28-26(30)22-11-15-24(16-12-22)32-20(3)4/h9-16,19-20H,5-8,17-18H2,1-4H3,(H,27,29)(H,28,30). The summed E-state index contributed by atoms with van der Waals surface area (Å²) in [6.07, 6.45) is 4.03. The summed E-state index contributed by atoms with van der Waals surface area (Å²) >= 11 is 0. The Hall–Kier alpha value is -3.02. The van der Waals surface area contributed by atoms with Crippen LogP contribution in [0.2, 0.25) is 0 Å². The quantitative estimate of drug-likeness (QED) is 0.431. The topological polar surface area (TPSA) is 76.7 Å². The van der Waals surface area contributed by atoms with E-state index in [4.69, 9.17) is 9.47 Å². The van der Waals surface area contributed by atoms with E-state index in [-0.39, 0.29) is 24.0 Å². The van der Waals surface area contributed by atoms with Crippen molar-refractivity contribution in [2.45, 2.75) is 65.6 Å². The van der Waals surface area contributed by atoms with Crippen molar-refractivity contribution < 1.29 is 19.1 Å². The lowest BCUT2D eigenvalue weighted by molar-refractivity contribution is 0.0943. The second kappa shape index (κ2) is 13.4. The number of nitrogens with one attached hydrogen (secondary N) is 2. The maximum atomic E-state index is 12.2. The Balaban J connectivity index is 1.54. The van der Waals surface area contributed by atoms with E-state index in [1.54, 1.807) is 24.3 Å². The predicted octanol–water partition coefficient (Wildman–Crippen LogP) is 4.98. The van der Waals surface area contributed by atoms with Gasteiger partial charge in [0.25, 0.3) is 11.8 Å². The van der Waals surface area contributed by atoms with Gasteiger partial charge in [-0.25, -0.2) is 0 Å². The van der Waals surface area contributed by atoms with E-state index >= 15 is 0 Å². The highest BCUT2D eigenvalue weighted by Gasteiger charge is 2.07. The molecule has 0 atom stereocenters. The first-order valence-electron chi connectivity index (χ1n) is 11.4. The highest BCUT2D eigenvalue weighted by atomic mass is 16.5. The number of ether oxygens (including phenoxy) is 2. The summed E-state index contributed by atoms with van der Waals surface area (Å²) in [4.78, 5) is 24.4. The average molecular weight is 441 g/mol. The molecule has 0 radical (unpaired) electrons. The predicted molar refractivity (Wildman–Crippen MR) is 128 cm³/mol. The summed E-state index contributed by atoms with van der Waals surface area (Å²) in [5.41, 5.74) is 1.26. The SMILES string of the molecule is CC(C)Oc1ccc(C(=O)NCCCCCCNC(=O)c2ccc(OC(C)C)cc2)cc1. The summed E-state index contributed by atoms with van der Waals surface area (Å²) in [7, 11) is 0. The molecule has 0 aliphatic rings. The van der Waals surface area contributed by atoms with Crippen LogP contribution in [0, 0.1) is 0 Å². The normalized spacial score (nSPS) is 10.8. The summed E-state index contributed by atoms with van der Waals surface area (Å²) < 4.78 is 11.2. The third-order valence-electron chi connectivity index (χ3n) is 4.65. The Bertz CT molecular complexity index is 758. The van der Waals surface area contributed by atoms with Crippen LogP contribution < -0.4 is 20.1 Å². The number of rotatable bonds is 13. The second-order valence-corrected chi connectivity index (χ2v) is 8.31. The van der Waals surface area contributed by atoms with E-state index in [0.717, 1.165) is 37.2 Å². The van der Waals surface area contributed by atoms with E-state index in [1.165, 1.54) is 0 Å². The van der Waals surface area contributed by atoms with Crippen LogP contribution in [0.3, 0.4) is 0 Å². The van der Waals surface area contributed by atoms with Crippen molar-refractivity contribution in [1.82, 2.24) is 10.6 Å². The smallest absolute Gasteiger partial charge is 0.251 e. The van der Waals surface area contributed by atoms with Gasteiger partial charge in [0.2, 0.25) is 0 Å². The van der Waals surface area contributed by atoms with Crippen LogP contribution in [0.25, 0.3) is 0 Å². The Labute approximate surface area is 191 Å². The Morgan fingerprint density at radius 1 is 0.625 bits per heavy atom. The molecule has 2 amide bonds. The zero-order chi connectivity index (χ0) is 23.3. The minimum atomic E-state index is -0.0711. The van der Waals surface area contributed by atoms with Gasteiger partial charge >= 0.3 is 0 Å². The summed E-state index contributed by atoms with van der Waals surface area (Å²) in [5, 5.41) is 5.89. The zero-order valence-corrected chi connectivity index (χ0v) is 19.6. The van der Waals surface area contributed by atoms with Crippen LogP contribution >= 0.6 is 0 Å². The fourth-order valence-corrected chi connectivity index (χ4v) is 3.13. The molecule has 174 valence electrons. The maximum absolute atomic E-state index is 12.2. The fraction of sp³-hybridized carbons (Fsp3) is 0.462. The Morgan fingerprint density at radius 2 is 0.969 bits per heavy atom. The lowest BCUT2D eigenvalue weighted by Gasteiger charge is -2.10. The van der Waals surface area contributed by atoms with Gasteiger partial charge in [-0.15, -0.1) is 0 Å². The summed E-state index contributed by atoms with van der Waals surface area (Å²) in [6.45, 7) is 9.15. The van der Waals surface area contributed by atoms with Gasteiger partial charge in [0, 0.05) is 24.2 Å². The molecule has 0 bridgehead atoms. The van der Waals surface area contributed by atoms with E-state index in [1.807, 2.05) is 52.0 Å². The van der Waals surface area contributed by atoms with Crippen molar-refractivity contribution in [3.8, 4) is 11.5 Å². The molecule has 0 aliphatic carbocycles. The van der Waals surface area contributed by atoms with E-state index in [0.29, 0.717) is 24.2 Å². The van der Waals surface area contributed by atoms with Gasteiger partial charge in [-0.3, -0.25) is 9.59 Å². The molecule has 0 aromatic heterocycles. The molecule has 0 fully saturated rings. The number of amides is 2. The molecule has 6 nitrogen and oxygen atoms in total. The molecular weight excluding hydrogens is 404 g/mol. The van der Waals surface area contributed by atoms with Crippen LogP contribution in [0.5, 0.6) is 11.5 Å². The first kappa shape index (κ1) is 25.2. The number of benzene rings is 2. The molecule has 2 aromatic rings. The van der Waals surface area contributed by atoms with Gasteiger partial charge in [0.05, 0.1) is 12.2 Å². The number of hydrogen-bond acceptors (Lipinski definition) is 4. The first-order chi connectivity index (χ1) is 15.3. The molecule has 0 aliphatic heterocycles. The molecule has 0 unspecified atom stereocenters. The van der Waals surface area contributed by atoms with Gasteiger partial charge in [0.15, 0.2) is 0 Å². The number of hydrogen-bond donors (Lipinski definition) is 2. The molecule has 2 rings (SSSR count). The minimum absolute atomic E-state index is 0.0711. The lowest BCUT2D eigenvalue weighted by atomic mass is 10.1. The Morgan fingerprint density at radius 3 is 1.28 bits per heavy atom. The highest BCUT2D eigenvalue weighted by Crippen LogP contribution is 2.15. The fourth-order valence-electron chi connectivity index (χ4n) is 3.13. The molecule has 2 aromatic carbocycles. The van der Waals surface area contributed by atoms with Crippen molar-refractivity contribution in [2.75, 3.05) is 13.1 Å². The number of carbonyl (C=O) groups excluding carboxylic acids is 2. The number of carbonyl (C=O) groups is 2. The third-order valence-corrected chi connectivity index (χ3v) is 4.65. The van der Waals surface area contributed by atoms with Gasteiger partial charge < -0.3 is 20.1 Å². The van der Waals surface area contributed by atoms with Crippen molar-refractivity contribution in [1.29, 1.82) is 0 Å². The number of unbranched alkanes of at least 4 members (excludes halogenated alkanes) is 3. The van der Waals surface area contributed by atoms with Crippen molar-refractivity contribution in [3.05, 3.63) is 59.7 Å². The third kappa shape index (κ3) is 9.41. The molecule has 0 spiro atoms. The second-order valence-electron chi connectivity index (χ2n) is 8.31. The van der Waals surface area contributed by atoms with Crippen LogP contribution in [0.15, 0.2) is 48.5 Å². The van der Waals surface area contributed by atoms with Crippen LogP contribution in [-0.4, -0.2) is 37.1 Å². The Kier molecular flexibility index (Phi) is 10.6. The lowest BCUT2D eigenvalue weighted by Crippen LogP contribution is -2.25. The molecule has 2 N–H and O–H groups in total. The molecule has 0 heterocycles. The maximum Gasteiger partial charge on any atom is 0.251 e. The molecule has 0 saturated heterocycles. The van der Waals surface area contributed by atoms with E-state index in [2.05, 4.69) is 10.6 Å². The monoisotopic (exact) mass is 440 g/mol. The van der Waals surface area contributed by atoms with Crippen LogP contribution in [0.1, 0.15) is 74.1 Å². The van der Waals surface area contributed by atoms with Crippen molar-refractivity contribution in [2.24, 2.45) is 0 Å². The molecular formula is C26H36N2O4. The highest BCUT2D eigenvalue weighted by molar-refractivity contribution is 5.94. The van der Waals surface area contributed by atoms with Crippen LogP contribution in [0.4, 0.5) is 0 Å². The summed E-state index contributed by atoms with van der Waals surface area (Å²) in [6, 6.07) is 14.4. The van der Waals surface area contributed by atoms with Gasteiger partial charge in [-0.2, -0.15) is 0 Å². The molecule has 6 heteroatoms. The van der Waals surface area contributed by atoms with Crippen LogP contribution in [-0.2, 0) is 0 Å². The van der Waals surface area contributed by atoms with Gasteiger partial charge in [-0.1, -0.05) is 12.8 Å². The summed E-state index contributed by atoms with van der Waals surface area (Å²) in [5.74, 6) is 1.39. The average Bonchev–Trinajstić information content (AvgIpc) is 2.75. The van der Waals surface area contributed by atoms with E-state index < -0.39 is 0 Å². The minimum Gasteiger partial charge on any atom is -0.491 e. The zero-order valence-electron chi connectivity index (χ0n) is 19.6. The van der Waals surface area contributed by atoms with Gasteiger partial charge in [0.1, 0.15) is 11.5 Å². The van der Waals surface area contributed by atoms with E-state index in [9.17, 15) is 9.59 Å². The van der Waals surface area contributed by atoms with Crippen molar-refractivity contribution in [3.63, 3.8) is 0 Å². The first-order valence-corrected chi connectivity index (χ1v) is 11.4. The molecule has 0 saturated carbocycles.